The molecule has 104 valence electrons. The van der Waals surface area contributed by atoms with Crippen LogP contribution in [0.3, 0.4) is 0 Å². The Morgan fingerprint density at radius 1 is 1.15 bits per heavy atom. The molecule has 1 aliphatic heterocycles. The van der Waals surface area contributed by atoms with Crippen molar-refractivity contribution >= 4 is 0 Å². The van der Waals surface area contributed by atoms with Crippen molar-refractivity contribution in [2.45, 2.75) is 25.5 Å². The van der Waals surface area contributed by atoms with Crippen molar-refractivity contribution in [3.05, 3.63) is 65.0 Å². The maximum absolute atomic E-state index is 13.4. The molecule has 3 heteroatoms. The van der Waals surface area contributed by atoms with Gasteiger partial charge in [0.25, 0.3) is 0 Å². The van der Waals surface area contributed by atoms with E-state index in [4.69, 9.17) is 4.74 Å². The standard InChI is InChI=1S/C17H18FNO/c1-11-5-3-4-6-13(11)17-10-15(19-2)14-8-7-12(18)9-16(14)20-17/h3-9,15,17,19H,10H2,1-2H3. The molecule has 0 aliphatic carbocycles. The topological polar surface area (TPSA) is 21.3 Å². The molecule has 2 aromatic carbocycles. The lowest BCUT2D eigenvalue weighted by molar-refractivity contribution is 0.152. The molecule has 2 atom stereocenters. The smallest absolute Gasteiger partial charge is 0.127 e. The zero-order valence-corrected chi connectivity index (χ0v) is 11.7. The van der Waals surface area contributed by atoms with Gasteiger partial charge in [-0.3, -0.25) is 0 Å². The van der Waals surface area contributed by atoms with Gasteiger partial charge in [-0.2, -0.15) is 0 Å². The molecule has 0 fully saturated rings. The summed E-state index contributed by atoms with van der Waals surface area (Å²) in [5.41, 5.74) is 3.40. The van der Waals surface area contributed by atoms with Crippen molar-refractivity contribution in [1.29, 1.82) is 0 Å². The molecule has 0 radical (unpaired) electrons. The van der Waals surface area contributed by atoms with E-state index in [0.29, 0.717) is 5.75 Å². The molecular weight excluding hydrogens is 253 g/mol. The van der Waals surface area contributed by atoms with Crippen LogP contribution in [0, 0.1) is 12.7 Å². The SMILES string of the molecule is CNC1CC(c2ccccc2C)Oc2cc(F)ccc21. The summed E-state index contributed by atoms with van der Waals surface area (Å²) in [4.78, 5) is 0. The molecule has 3 rings (SSSR count). The molecule has 1 aliphatic rings. The van der Waals surface area contributed by atoms with Crippen molar-refractivity contribution in [2.75, 3.05) is 7.05 Å². The minimum absolute atomic E-state index is 0.0389. The van der Waals surface area contributed by atoms with E-state index in [9.17, 15) is 4.39 Å². The van der Waals surface area contributed by atoms with Gasteiger partial charge in [0, 0.05) is 24.1 Å². The van der Waals surface area contributed by atoms with Crippen LogP contribution in [0.5, 0.6) is 5.75 Å². The predicted molar refractivity (Wildman–Crippen MR) is 77.4 cm³/mol. The van der Waals surface area contributed by atoms with Gasteiger partial charge < -0.3 is 10.1 Å². The summed E-state index contributed by atoms with van der Waals surface area (Å²) >= 11 is 0. The van der Waals surface area contributed by atoms with Crippen LogP contribution in [-0.4, -0.2) is 7.05 Å². The molecule has 20 heavy (non-hydrogen) atoms. The third-order valence-corrected chi connectivity index (χ3v) is 3.95. The largest absolute Gasteiger partial charge is 0.485 e. The van der Waals surface area contributed by atoms with Gasteiger partial charge in [-0.15, -0.1) is 0 Å². The summed E-state index contributed by atoms with van der Waals surface area (Å²) in [7, 11) is 1.93. The molecule has 0 aromatic heterocycles. The number of hydrogen-bond acceptors (Lipinski definition) is 2. The average Bonchev–Trinajstić information content (AvgIpc) is 2.46. The summed E-state index contributed by atoms with van der Waals surface area (Å²) in [5.74, 6) is 0.382. The molecule has 0 bridgehead atoms. The Hall–Kier alpha value is -1.87. The van der Waals surface area contributed by atoms with Gasteiger partial charge in [0.1, 0.15) is 17.7 Å². The van der Waals surface area contributed by atoms with Crippen molar-refractivity contribution in [3.8, 4) is 5.75 Å². The van der Waals surface area contributed by atoms with Crippen LogP contribution < -0.4 is 10.1 Å². The minimum atomic E-state index is -0.260. The van der Waals surface area contributed by atoms with Crippen molar-refractivity contribution < 1.29 is 9.13 Å². The van der Waals surface area contributed by atoms with Gasteiger partial charge in [-0.05, 0) is 31.2 Å². The fourth-order valence-electron chi connectivity index (χ4n) is 2.85. The van der Waals surface area contributed by atoms with E-state index < -0.39 is 0 Å². The summed E-state index contributed by atoms with van der Waals surface area (Å²) < 4.78 is 19.5. The molecule has 0 saturated heterocycles. The second-order valence-corrected chi connectivity index (χ2v) is 5.22. The predicted octanol–water partition coefficient (Wildman–Crippen LogP) is 3.92. The van der Waals surface area contributed by atoms with Crippen LogP contribution in [0.2, 0.25) is 0 Å². The van der Waals surface area contributed by atoms with Crippen molar-refractivity contribution in [2.24, 2.45) is 0 Å². The number of benzene rings is 2. The lowest BCUT2D eigenvalue weighted by atomic mass is 9.91. The van der Waals surface area contributed by atoms with E-state index >= 15 is 0 Å². The maximum Gasteiger partial charge on any atom is 0.127 e. The second-order valence-electron chi connectivity index (χ2n) is 5.22. The van der Waals surface area contributed by atoms with Crippen LogP contribution in [0.15, 0.2) is 42.5 Å². The highest BCUT2D eigenvalue weighted by atomic mass is 19.1. The highest BCUT2D eigenvalue weighted by molar-refractivity contribution is 5.40. The van der Waals surface area contributed by atoms with Crippen LogP contribution in [0.1, 0.15) is 35.3 Å². The van der Waals surface area contributed by atoms with E-state index in [1.54, 1.807) is 6.07 Å². The number of hydrogen-bond donors (Lipinski definition) is 1. The van der Waals surface area contributed by atoms with Crippen molar-refractivity contribution in [1.82, 2.24) is 5.32 Å². The highest BCUT2D eigenvalue weighted by Crippen LogP contribution is 2.41. The number of rotatable bonds is 2. The molecule has 2 aromatic rings. The maximum atomic E-state index is 13.4. The monoisotopic (exact) mass is 271 g/mol. The van der Waals surface area contributed by atoms with Crippen LogP contribution in [0.4, 0.5) is 4.39 Å². The van der Waals surface area contributed by atoms with Crippen LogP contribution >= 0.6 is 0 Å². The number of ether oxygens (including phenoxy) is 1. The lowest BCUT2D eigenvalue weighted by Gasteiger charge is -2.33. The van der Waals surface area contributed by atoms with Crippen molar-refractivity contribution in [3.63, 3.8) is 0 Å². The van der Waals surface area contributed by atoms with Gasteiger partial charge >= 0.3 is 0 Å². The first kappa shape index (κ1) is 13.1. The van der Waals surface area contributed by atoms with E-state index in [-0.39, 0.29) is 18.0 Å². The van der Waals surface area contributed by atoms with Crippen LogP contribution in [0.25, 0.3) is 0 Å². The first-order valence-electron chi connectivity index (χ1n) is 6.88. The normalized spacial score (nSPS) is 21.1. The summed E-state index contributed by atoms with van der Waals surface area (Å²) in [6.45, 7) is 2.08. The third kappa shape index (κ3) is 2.29. The van der Waals surface area contributed by atoms with Gasteiger partial charge in [0.15, 0.2) is 0 Å². The Morgan fingerprint density at radius 3 is 2.70 bits per heavy atom. The Bertz CT molecular complexity index is 626. The number of nitrogens with one attached hydrogen (secondary N) is 1. The van der Waals surface area contributed by atoms with Gasteiger partial charge in [0.2, 0.25) is 0 Å². The quantitative estimate of drug-likeness (QED) is 0.894. The molecule has 2 unspecified atom stereocenters. The first-order chi connectivity index (χ1) is 9.69. The molecule has 0 saturated carbocycles. The zero-order valence-electron chi connectivity index (χ0n) is 11.7. The summed E-state index contributed by atoms with van der Waals surface area (Å²) in [5, 5.41) is 3.30. The molecule has 0 amide bonds. The molecular formula is C17H18FNO. The highest BCUT2D eigenvalue weighted by Gasteiger charge is 2.29. The Morgan fingerprint density at radius 2 is 1.95 bits per heavy atom. The molecule has 1 N–H and O–H groups in total. The zero-order chi connectivity index (χ0) is 14.1. The molecule has 0 spiro atoms. The van der Waals surface area contributed by atoms with E-state index in [0.717, 1.165) is 12.0 Å². The van der Waals surface area contributed by atoms with Crippen LogP contribution in [-0.2, 0) is 0 Å². The number of halogens is 1. The lowest BCUT2D eigenvalue weighted by Crippen LogP contribution is -2.27. The Balaban J connectivity index is 2.00. The molecule has 2 nitrogen and oxygen atoms in total. The summed E-state index contributed by atoms with van der Waals surface area (Å²) in [6.07, 6.45) is 0.808. The first-order valence-corrected chi connectivity index (χ1v) is 6.88. The van der Waals surface area contributed by atoms with Gasteiger partial charge in [0.05, 0.1) is 0 Å². The fourth-order valence-corrected chi connectivity index (χ4v) is 2.85. The fraction of sp³-hybridized carbons (Fsp3) is 0.294. The molecule has 1 heterocycles. The van der Waals surface area contributed by atoms with Gasteiger partial charge in [-0.1, -0.05) is 30.3 Å². The number of fused-ring (bicyclic) bond motifs is 1. The Kier molecular flexibility index (Phi) is 3.45. The van der Waals surface area contributed by atoms with E-state index in [2.05, 4.69) is 24.4 Å². The van der Waals surface area contributed by atoms with E-state index in [1.165, 1.54) is 23.3 Å². The second kappa shape index (κ2) is 5.25. The van der Waals surface area contributed by atoms with E-state index in [1.807, 2.05) is 19.2 Å². The summed E-state index contributed by atoms with van der Waals surface area (Å²) in [6, 6.07) is 13.1. The number of aryl methyl sites for hydroxylation is 1. The average molecular weight is 271 g/mol. The Labute approximate surface area is 118 Å². The minimum Gasteiger partial charge on any atom is -0.485 e. The third-order valence-electron chi connectivity index (χ3n) is 3.95. The van der Waals surface area contributed by atoms with Gasteiger partial charge in [-0.25, -0.2) is 4.39 Å².